The minimum absolute atomic E-state index is 0.826. The van der Waals surface area contributed by atoms with Crippen molar-refractivity contribution < 1.29 is 0 Å². The lowest BCUT2D eigenvalue weighted by atomic mass is 10.0. The minimum atomic E-state index is 0.826. The number of hydrogen-bond acceptors (Lipinski definition) is 4. The van der Waals surface area contributed by atoms with Crippen LogP contribution in [-0.2, 0) is 13.0 Å². The number of nitrogens with one attached hydrogen (secondary N) is 1. The molecule has 0 aliphatic carbocycles. The van der Waals surface area contributed by atoms with Gasteiger partial charge in [-0.1, -0.05) is 24.3 Å². The van der Waals surface area contributed by atoms with Gasteiger partial charge in [0.1, 0.15) is 22.4 Å². The molecule has 4 nitrogen and oxygen atoms in total. The zero-order valence-corrected chi connectivity index (χ0v) is 13.0. The first-order valence-electron chi connectivity index (χ1n) is 6.79. The molecule has 0 saturated heterocycles. The van der Waals surface area contributed by atoms with Crippen LogP contribution in [0.3, 0.4) is 0 Å². The lowest BCUT2D eigenvalue weighted by molar-refractivity contribution is 0.751. The molecular weight excluding hydrogens is 316 g/mol. The summed E-state index contributed by atoms with van der Waals surface area (Å²) < 4.78 is 0.932. The molecule has 0 bridgehead atoms. The Kier molecular flexibility index (Phi) is 3.87. The highest BCUT2D eigenvalue weighted by Gasteiger charge is 2.19. The molecule has 0 radical (unpaired) electrons. The van der Waals surface area contributed by atoms with Crippen LogP contribution in [0.25, 0.3) is 0 Å². The average Bonchev–Trinajstić information content (AvgIpc) is 2.69. The number of aromatic nitrogens is 2. The van der Waals surface area contributed by atoms with E-state index in [-0.39, 0.29) is 0 Å². The first-order chi connectivity index (χ1) is 9.79. The van der Waals surface area contributed by atoms with E-state index < -0.39 is 0 Å². The van der Waals surface area contributed by atoms with Crippen molar-refractivity contribution in [3.8, 4) is 0 Å². The van der Waals surface area contributed by atoms with Crippen LogP contribution in [0.1, 0.15) is 17.5 Å². The highest BCUT2D eigenvalue weighted by Crippen LogP contribution is 2.31. The van der Waals surface area contributed by atoms with E-state index in [4.69, 9.17) is 0 Å². The second-order valence-electron chi connectivity index (χ2n) is 4.90. The number of fused-ring (bicyclic) bond motifs is 1. The molecule has 20 heavy (non-hydrogen) atoms. The predicted octanol–water partition coefficient (Wildman–Crippen LogP) is 3.23. The van der Waals surface area contributed by atoms with Crippen LogP contribution in [0.4, 0.5) is 11.6 Å². The lowest BCUT2D eigenvalue weighted by Crippen LogP contribution is -2.24. The summed E-state index contributed by atoms with van der Waals surface area (Å²) in [7, 11) is 1.87. The average molecular weight is 333 g/mol. The van der Waals surface area contributed by atoms with Crippen LogP contribution in [-0.4, -0.2) is 23.6 Å². The van der Waals surface area contributed by atoms with Crippen molar-refractivity contribution in [1.29, 1.82) is 0 Å². The number of rotatable bonds is 2. The Labute approximate surface area is 127 Å². The van der Waals surface area contributed by atoms with E-state index in [1.165, 1.54) is 11.1 Å². The largest absolute Gasteiger partial charge is 0.372 e. The van der Waals surface area contributed by atoms with Gasteiger partial charge in [-0.2, -0.15) is 0 Å². The predicted molar refractivity (Wildman–Crippen MR) is 85.1 cm³/mol. The van der Waals surface area contributed by atoms with Gasteiger partial charge >= 0.3 is 0 Å². The topological polar surface area (TPSA) is 41.1 Å². The number of benzene rings is 1. The molecule has 1 aliphatic rings. The summed E-state index contributed by atoms with van der Waals surface area (Å²) in [6, 6.07) is 8.67. The number of aryl methyl sites for hydroxylation is 1. The molecule has 0 saturated carbocycles. The molecule has 104 valence electrons. The van der Waals surface area contributed by atoms with Gasteiger partial charge in [0.2, 0.25) is 0 Å². The van der Waals surface area contributed by atoms with E-state index in [9.17, 15) is 0 Å². The Morgan fingerprint density at radius 1 is 1.20 bits per heavy atom. The third-order valence-electron chi connectivity index (χ3n) is 3.66. The van der Waals surface area contributed by atoms with Gasteiger partial charge in [0.15, 0.2) is 0 Å². The van der Waals surface area contributed by atoms with Crippen LogP contribution in [0, 0.1) is 0 Å². The maximum Gasteiger partial charge on any atom is 0.148 e. The van der Waals surface area contributed by atoms with E-state index in [0.29, 0.717) is 0 Å². The van der Waals surface area contributed by atoms with E-state index in [2.05, 4.69) is 60.4 Å². The zero-order valence-electron chi connectivity index (χ0n) is 11.4. The summed E-state index contributed by atoms with van der Waals surface area (Å²) in [6.07, 6.45) is 3.89. The maximum atomic E-state index is 4.45. The van der Waals surface area contributed by atoms with Crippen LogP contribution in [0.5, 0.6) is 0 Å². The van der Waals surface area contributed by atoms with E-state index in [0.717, 1.165) is 42.0 Å². The van der Waals surface area contributed by atoms with Gasteiger partial charge in [0, 0.05) is 20.1 Å². The normalized spacial score (nSPS) is 14.6. The van der Waals surface area contributed by atoms with E-state index >= 15 is 0 Å². The van der Waals surface area contributed by atoms with Crippen LogP contribution in [0.2, 0.25) is 0 Å². The second-order valence-corrected chi connectivity index (χ2v) is 5.70. The van der Waals surface area contributed by atoms with E-state index in [1.807, 2.05) is 7.05 Å². The first kappa shape index (κ1) is 13.4. The fourth-order valence-electron chi connectivity index (χ4n) is 2.64. The molecule has 1 aromatic heterocycles. The van der Waals surface area contributed by atoms with Gasteiger partial charge in [-0.3, -0.25) is 0 Å². The second kappa shape index (κ2) is 5.79. The Balaban J connectivity index is 1.95. The summed E-state index contributed by atoms with van der Waals surface area (Å²) in [5, 5.41) is 3.08. The van der Waals surface area contributed by atoms with Crippen LogP contribution < -0.4 is 10.2 Å². The molecule has 2 aromatic rings. The molecule has 0 unspecified atom stereocenters. The van der Waals surface area contributed by atoms with Crippen molar-refractivity contribution in [2.24, 2.45) is 0 Å². The van der Waals surface area contributed by atoms with Crippen molar-refractivity contribution in [3.63, 3.8) is 0 Å². The number of anilines is 2. The Morgan fingerprint density at radius 2 is 2.00 bits per heavy atom. The van der Waals surface area contributed by atoms with Crippen LogP contribution >= 0.6 is 15.9 Å². The molecule has 0 spiro atoms. The molecule has 5 heteroatoms. The fraction of sp³-hybridized carbons (Fsp3) is 0.333. The van der Waals surface area contributed by atoms with Gasteiger partial charge in [-0.15, -0.1) is 0 Å². The molecule has 2 heterocycles. The molecule has 1 aliphatic heterocycles. The zero-order chi connectivity index (χ0) is 13.9. The molecule has 3 rings (SSSR count). The van der Waals surface area contributed by atoms with Gasteiger partial charge in [0.25, 0.3) is 0 Å². The summed E-state index contributed by atoms with van der Waals surface area (Å²) in [5.41, 5.74) is 2.84. The molecule has 0 fully saturated rings. The third kappa shape index (κ3) is 2.50. The summed E-state index contributed by atoms with van der Waals surface area (Å²) in [4.78, 5) is 11.0. The summed E-state index contributed by atoms with van der Waals surface area (Å²) in [5.74, 6) is 1.79. The summed E-state index contributed by atoms with van der Waals surface area (Å²) >= 11 is 3.61. The number of hydrogen-bond donors (Lipinski definition) is 1. The van der Waals surface area contributed by atoms with Gasteiger partial charge < -0.3 is 10.2 Å². The SMILES string of the molecule is CNc1ncnc(N2CCCc3ccccc3C2)c1Br. The Bertz CT molecular complexity index is 615. The minimum Gasteiger partial charge on any atom is -0.372 e. The highest BCUT2D eigenvalue weighted by atomic mass is 79.9. The monoisotopic (exact) mass is 332 g/mol. The first-order valence-corrected chi connectivity index (χ1v) is 7.59. The van der Waals surface area contributed by atoms with E-state index in [1.54, 1.807) is 6.33 Å². The molecule has 1 aromatic carbocycles. The maximum absolute atomic E-state index is 4.45. The van der Waals surface area contributed by atoms with Crippen molar-refractivity contribution in [2.75, 3.05) is 23.8 Å². The van der Waals surface area contributed by atoms with Crippen molar-refractivity contribution in [2.45, 2.75) is 19.4 Å². The lowest BCUT2D eigenvalue weighted by Gasteiger charge is -2.23. The fourth-order valence-corrected chi connectivity index (χ4v) is 3.29. The van der Waals surface area contributed by atoms with Gasteiger partial charge in [-0.05, 0) is 39.9 Å². The smallest absolute Gasteiger partial charge is 0.148 e. The quantitative estimate of drug-likeness (QED) is 0.916. The molecule has 1 N–H and O–H groups in total. The third-order valence-corrected chi connectivity index (χ3v) is 4.39. The number of halogens is 1. The van der Waals surface area contributed by atoms with Crippen molar-refractivity contribution in [3.05, 3.63) is 46.2 Å². The standard InChI is InChI=1S/C15H17BrN4/c1-17-14-13(16)15(19-10-18-14)20-8-4-7-11-5-2-3-6-12(11)9-20/h2-3,5-6,10H,4,7-9H2,1H3,(H,17,18,19). The molecule has 0 atom stereocenters. The van der Waals surface area contributed by atoms with Crippen molar-refractivity contribution in [1.82, 2.24) is 9.97 Å². The van der Waals surface area contributed by atoms with Crippen LogP contribution in [0.15, 0.2) is 35.1 Å². The molecular formula is C15H17BrN4. The number of nitrogens with zero attached hydrogens (tertiary/aromatic N) is 3. The Morgan fingerprint density at radius 3 is 2.80 bits per heavy atom. The van der Waals surface area contributed by atoms with Gasteiger partial charge in [0.05, 0.1) is 0 Å². The Hall–Kier alpha value is -1.62. The van der Waals surface area contributed by atoms with Crippen molar-refractivity contribution >= 4 is 27.6 Å². The summed E-state index contributed by atoms with van der Waals surface area (Å²) in [6.45, 7) is 1.91. The van der Waals surface area contributed by atoms with Gasteiger partial charge in [-0.25, -0.2) is 9.97 Å². The molecule has 0 amide bonds. The highest BCUT2D eigenvalue weighted by molar-refractivity contribution is 9.10.